The quantitative estimate of drug-likeness (QED) is 0.204. The molecule has 3 rings (SSSR count). The molecule has 12 nitrogen and oxygen atoms in total. The first-order valence-corrected chi connectivity index (χ1v) is 14.1. The van der Waals surface area contributed by atoms with E-state index >= 15 is 0 Å². The maximum Gasteiger partial charge on any atom is 0.324 e. The van der Waals surface area contributed by atoms with Crippen molar-refractivity contribution in [1.29, 1.82) is 0 Å². The minimum atomic E-state index is -0.517. The average Bonchev–Trinajstić information content (AvgIpc) is 2.97. The van der Waals surface area contributed by atoms with Crippen LogP contribution in [0.25, 0.3) is 11.3 Å². The highest BCUT2D eigenvalue weighted by Gasteiger charge is 2.23. The molecule has 0 saturated heterocycles. The number of nitrogens with one attached hydrogen (secondary N) is 3. The van der Waals surface area contributed by atoms with Crippen molar-refractivity contribution in [3.8, 4) is 17.1 Å². The first kappa shape index (κ1) is 33.6. The second-order valence-electron chi connectivity index (χ2n) is 9.98. The van der Waals surface area contributed by atoms with Gasteiger partial charge in [0.2, 0.25) is 5.91 Å². The van der Waals surface area contributed by atoms with Gasteiger partial charge in [0.1, 0.15) is 30.0 Å². The summed E-state index contributed by atoms with van der Waals surface area (Å²) in [6, 6.07) is 8.62. The molecule has 2 heterocycles. The van der Waals surface area contributed by atoms with Gasteiger partial charge in [0.15, 0.2) is 0 Å². The Kier molecular flexibility index (Phi) is 13.0. The Balaban J connectivity index is 1.73. The molecular formula is C29H38ClFN8O4. The number of nitrogens with zero attached hydrogens (tertiary/aromatic N) is 5. The highest BCUT2D eigenvalue weighted by molar-refractivity contribution is 6.30. The number of halogens is 2. The number of esters is 1. The maximum atomic E-state index is 14.6. The van der Waals surface area contributed by atoms with Crippen LogP contribution < -0.4 is 20.7 Å². The summed E-state index contributed by atoms with van der Waals surface area (Å²) in [7, 11) is 7.01. The third kappa shape index (κ3) is 10.4. The highest BCUT2D eigenvalue weighted by Crippen LogP contribution is 2.32. The summed E-state index contributed by atoms with van der Waals surface area (Å²) in [6.07, 6.45) is 2.40. The largest absolute Gasteiger partial charge is 0.474 e. The van der Waals surface area contributed by atoms with Gasteiger partial charge in [-0.1, -0.05) is 18.5 Å². The molecule has 1 atom stereocenters. The van der Waals surface area contributed by atoms with Gasteiger partial charge in [0, 0.05) is 41.6 Å². The molecule has 1 aromatic carbocycles. The molecule has 0 aliphatic heterocycles. The number of pyridine rings is 1. The lowest BCUT2D eigenvalue weighted by atomic mass is 10.1. The molecule has 232 valence electrons. The van der Waals surface area contributed by atoms with Crippen LogP contribution in [-0.2, 0) is 14.3 Å². The molecule has 2 aromatic heterocycles. The van der Waals surface area contributed by atoms with Crippen LogP contribution in [0.5, 0.6) is 5.88 Å². The van der Waals surface area contributed by atoms with Crippen molar-refractivity contribution in [2.75, 3.05) is 71.7 Å². The number of benzene rings is 1. The number of carbonyl (C=O) groups is 2. The smallest absolute Gasteiger partial charge is 0.324 e. The summed E-state index contributed by atoms with van der Waals surface area (Å²) >= 11 is 6.09. The van der Waals surface area contributed by atoms with Gasteiger partial charge in [-0.15, -0.1) is 10.2 Å². The Hall–Kier alpha value is -3.91. The third-order valence-electron chi connectivity index (χ3n) is 6.25. The van der Waals surface area contributed by atoms with E-state index in [9.17, 15) is 14.0 Å². The molecule has 43 heavy (non-hydrogen) atoms. The molecule has 1 amide bonds. The van der Waals surface area contributed by atoms with Crippen LogP contribution in [0.15, 0.2) is 42.6 Å². The summed E-state index contributed by atoms with van der Waals surface area (Å²) < 4.78 is 25.3. The van der Waals surface area contributed by atoms with E-state index in [1.54, 1.807) is 18.2 Å². The van der Waals surface area contributed by atoms with E-state index in [1.807, 2.05) is 37.9 Å². The van der Waals surface area contributed by atoms with E-state index in [0.29, 0.717) is 41.9 Å². The number of aromatic nitrogens is 3. The first-order valence-electron chi connectivity index (χ1n) is 13.7. The molecule has 3 aromatic rings. The number of rotatable bonds is 16. The zero-order valence-corrected chi connectivity index (χ0v) is 25.7. The van der Waals surface area contributed by atoms with Crippen LogP contribution in [0, 0.1) is 5.82 Å². The van der Waals surface area contributed by atoms with E-state index in [1.165, 1.54) is 31.5 Å². The molecular weight excluding hydrogens is 579 g/mol. The summed E-state index contributed by atoms with van der Waals surface area (Å²) in [5.41, 5.74) is 1.44. The van der Waals surface area contributed by atoms with Crippen LogP contribution in [0.2, 0.25) is 5.02 Å². The second kappa shape index (κ2) is 16.7. The zero-order chi connectivity index (χ0) is 31.4. The summed E-state index contributed by atoms with van der Waals surface area (Å²) in [6.45, 7) is 3.91. The van der Waals surface area contributed by atoms with Crippen molar-refractivity contribution in [3.05, 3.63) is 53.4 Å². The predicted octanol–water partition coefficient (Wildman–Crippen LogP) is 3.43. The van der Waals surface area contributed by atoms with Gasteiger partial charge >= 0.3 is 5.97 Å². The zero-order valence-electron chi connectivity index (χ0n) is 25.0. The molecule has 0 bridgehead atoms. The van der Waals surface area contributed by atoms with Crippen LogP contribution in [-0.4, -0.2) is 104 Å². The highest BCUT2D eigenvalue weighted by atomic mass is 35.5. The molecule has 14 heteroatoms. The van der Waals surface area contributed by atoms with Gasteiger partial charge in [0.05, 0.1) is 19.3 Å². The Labute approximate surface area is 255 Å². The normalized spacial score (nSPS) is 11.8. The van der Waals surface area contributed by atoms with Crippen molar-refractivity contribution in [1.82, 2.24) is 30.3 Å². The number of amides is 1. The molecule has 0 fully saturated rings. The molecule has 0 spiro atoms. The van der Waals surface area contributed by atoms with Crippen LogP contribution >= 0.6 is 11.6 Å². The fourth-order valence-electron chi connectivity index (χ4n) is 4.03. The second-order valence-corrected chi connectivity index (χ2v) is 10.4. The Morgan fingerprint density at radius 2 is 1.88 bits per heavy atom. The predicted molar refractivity (Wildman–Crippen MR) is 164 cm³/mol. The lowest BCUT2D eigenvalue weighted by molar-refractivity contribution is -0.146. The van der Waals surface area contributed by atoms with Gasteiger partial charge in [0.25, 0.3) is 5.88 Å². The number of hydrogen-bond donors (Lipinski definition) is 3. The number of hydrogen-bond acceptors (Lipinski definition) is 11. The number of likely N-dealkylation sites (N-methyl/N-ethyl adjacent to an activating group) is 2. The van der Waals surface area contributed by atoms with Gasteiger partial charge in [-0.25, -0.2) is 9.37 Å². The van der Waals surface area contributed by atoms with Crippen molar-refractivity contribution in [2.24, 2.45) is 0 Å². The van der Waals surface area contributed by atoms with Crippen molar-refractivity contribution in [3.63, 3.8) is 0 Å². The van der Waals surface area contributed by atoms with Gasteiger partial charge in [-0.05, 0) is 64.4 Å². The standard InChI is InChI=1S/C29H38ClFN8O4/c1-6-11-39(4)25(29(41)42-5)17-32-18-27(40)35-26-15-20(9-10-33-26)34-24-16-23(21-14-19(30)7-8-22(21)31)36-37-28(24)43-13-12-38(2)3/h7-10,14-16,25,32H,6,11-13,17-18H2,1-5H3,(H2,33,34,35,36,40). The Bertz CT molecular complexity index is 1380. The minimum Gasteiger partial charge on any atom is -0.474 e. The lowest BCUT2D eigenvalue weighted by Crippen LogP contribution is -2.47. The SMILES string of the molecule is CCCN(C)C(CNCC(=O)Nc1cc(Nc2cc(-c3cc(Cl)ccc3F)nnc2OCCN(C)C)ccn1)C(=O)OC. The van der Waals surface area contributed by atoms with Crippen LogP contribution in [0.4, 0.5) is 21.6 Å². The molecule has 3 N–H and O–H groups in total. The number of carbonyl (C=O) groups excluding carboxylic acids is 2. The van der Waals surface area contributed by atoms with E-state index in [4.69, 9.17) is 21.1 Å². The molecule has 0 saturated carbocycles. The van der Waals surface area contributed by atoms with Gasteiger partial charge < -0.3 is 30.3 Å². The first-order chi connectivity index (χ1) is 20.6. The van der Waals surface area contributed by atoms with E-state index in [2.05, 4.69) is 31.1 Å². The van der Waals surface area contributed by atoms with E-state index < -0.39 is 11.9 Å². The summed E-state index contributed by atoms with van der Waals surface area (Å²) in [5, 5.41) is 17.7. The van der Waals surface area contributed by atoms with Gasteiger partial charge in [-0.3, -0.25) is 14.5 Å². The summed E-state index contributed by atoms with van der Waals surface area (Å²) in [4.78, 5) is 32.9. The molecule has 0 aliphatic carbocycles. The number of methoxy groups -OCH3 is 1. The monoisotopic (exact) mass is 616 g/mol. The lowest BCUT2D eigenvalue weighted by Gasteiger charge is -2.25. The van der Waals surface area contributed by atoms with Gasteiger partial charge in [-0.2, -0.15) is 0 Å². The Morgan fingerprint density at radius 1 is 1.09 bits per heavy atom. The number of anilines is 3. The topological polar surface area (TPSA) is 134 Å². The van der Waals surface area contributed by atoms with Crippen molar-refractivity contribution >= 4 is 40.7 Å². The average molecular weight is 617 g/mol. The van der Waals surface area contributed by atoms with Crippen LogP contribution in [0.3, 0.4) is 0 Å². The fraction of sp³-hybridized carbons (Fsp3) is 0.414. The molecule has 1 unspecified atom stereocenters. The van der Waals surface area contributed by atoms with E-state index in [-0.39, 0.29) is 42.1 Å². The van der Waals surface area contributed by atoms with E-state index in [0.717, 1.165) is 6.42 Å². The van der Waals surface area contributed by atoms with Crippen molar-refractivity contribution < 1.29 is 23.5 Å². The minimum absolute atomic E-state index is 0.0422. The molecule has 0 radical (unpaired) electrons. The van der Waals surface area contributed by atoms with Crippen molar-refractivity contribution in [2.45, 2.75) is 19.4 Å². The maximum absolute atomic E-state index is 14.6. The molecule has 0 aliphatic rings. The van der Waals surface area contributed by atoms with Crippen LogP contribution in [0.1, 0.15) is 13.3 Å². The Morgan fingerprint density at radius 3 is 2.60 bits per heavy atom. The fourth-order valence-corrected chi connectivity index (χ4v) is 4.20. The number of ether oxygens (including phenoxy) is 2. The summed E-state index contributed by atoms with van der Waals surface area (Å²) in [5.74, 6) is -0.705. The third-order valence-corrected chi connectivity index (χ3v) is 6.49.